The molecule has 2 unspecified atom stereocenters. The van der Waals surface area contributed by atoms with Gasteiger partial charge in [0.1, 0.15) is 0 Å². The van der Waals surface area contributed by atoms with Gasteiger partial charge in [0.2, 0.25) is 5.91 Å². The van der Waals surface area contributed by atoms with Crippen LogP contribution in [-0.4, -0.2) is 47.7 Å². The molecule has 156 valence electrons. The van der Waals surface area contributed by atoms with E-state index >= 15 is 0 Å². The standard InChI is InChI=1S/C23H35NO4/c1-5-28-20(26)13-14-12-17-15-6-7-18-22(2,11-9-19(25)24(18)4)16(15)8-10-23(17,3)21(14)27/h9,11,14-18,21,27H,5-8,10,12-13H2,1-4H3/t14-,15?,16?,17-,18+,21-,22+,23-/m0/s1. The Balaban J connectivity index is 1.59. The van der Waals surface area contributed by atoms with Crippen LogP contribution in [0.15, 0.2) is 12.2 Å². The van der Waals surface area contributed by atoms with Crippen LogP contribution in [0.3, 0.4) is 0 Å². The van der Waals surface area contributed by atoms with Crippen molar-refractivity contribution < 1.29 is 19.4 Å². The van der Waals surface area contributed by atoms with Crippen LogP contribution >= 0.6 is 0 Å². The van der Waals surface area contributed by atoms with Gasteiger partial charge >= 0.3 is 5.97 Å². The van der Waals surface area contributed by atoms with Crippen LogP contribution in [0.25, 0.3) is 0 Å². The van der Waals surface area contributed by atoms with Crippen molar-refractivity contribution in [1.29, 1.82) is 0 Å². The third-order valence-corrected chi connectivity index (χ3v) is 8.98. The molecule has 0 saturated heterocycles. The van der Waals surface area contributed by atoms with Gasteiger partial charge < -0.3 is 14.7 Å². The fourth-order valence-electron chi connectivity index (χ4n) is 7.52. The Morgan fingerprint density at radius 3 is 2.75 bits per heavy atom. The normalized spacial score (nSPS) is 47.3. The Bertz CT molecular complexity index is 690. The van der Waals surface area contributed by atoms with Crippen LogP contribution in [0.2, 0.25) is 0 Å². The first-order valence-corrected chi connectivity index (χ1v) is 11.0. The molecule has 3 aliphatic carbocycles. The fraction of sp³-hybridized carbons (Fsp3) is 0.826. The van der Waals surface area contributed by atoms with Crippen LogP contribution < -0.4 is 0 Å². The summed E-state index contributed by atoms with van der Waals surface area (Å²) in [6.45, 7) is 6.79. The van der Waals surface area contributed by atoms with Gasteiger partial charge in [-0.05, 0) is 74.2 Å². The minimum absolute atomic E-state index is 0.00415. The molecule has 0 radical (unpaired) electrons. The van der Waals surface area contributed by atoms with Crippen molar-refractivity contribution in [2.45, 2.75) is 71.4 Å². The Labute approximate surface area is 168 Å². The molecule has 0 bridgehead atoms. The first kappa shape index (κ1) is 19.9. The van der Waals surface area contributed by atoms with Gasteiger partial charge in [0.25, 0.3) is 0 Å². The number of hydrogen-bond donors (Lipinski definition) is 1. The second-order valence-electron chi connectivity index (χ2n) is 10.1. The highest BCUT2D eigenvalue weighted by atomic mass is 16.5. The summed E-state index contributed by atoms with van der Waals surface area (Å²) in [5.74, 6) is 1.46. The molecule has 3 fully saturated rings. The van der Waals surface area contributed by atoms with Gasteiger partial charge in [-0.2, -0.15) is 0 Å². The molecule has 8 atom stereocenters. The number of hydrogen-bond acceptors (Lipinski definition) is 4. The maximum absolute atomic E-state index is 12.2. The zero-order chi connectivity index (χ0) is 20.3. The molecule has 0 aromatic rings. The SMILES string of the molecule is CCOC(=O)C[C@@H]1C[C@H]2C3CC[C@H]4N(C)C(=O)C=C[C@]4(C)C3CC[C@]2(C)[C@H]1O. The average molecular weight is 390 g/mol. The number of likely N-dealkylation sites (N-methyl/N-ethyl adjacent to an activating group) is 1. The zero-order valence-electron chi connectivity index (χ0n) is 17.7. The molecule has 0 aromatic heterocycles. The number of rotatable bonds is 3. The third-order valence-electron chi connectivity index (χ3n) is 8.98. The molecule has 1 aliphatic heterocycles. The van der Waals surface area contributed by atoms with E-state index in [1.807, 2.05) is 18.9 Å². The van der Waals surface area contributed by atoms with Gasteiger partial charge in [0.05, 0.1) is 19.1 Å². The third kappa shape index (κ3) is 2.76. The topological polar surface area (TPSA) is 66.8 Å². The van der Waals surface area contributed by atoms with Crippen molar-refractivity contribution in [1.82, 2.24) is 4.90 Å². The van der Waals surface area contributed by atoms with Crippen LogP contribution in [-0.2, 0) is 14.3 Å². The van der Waals surface area contributed by atoms with Crippen LogP contribution in [0.5, 0.6) is 0 Å². The maximum atomic E-state index is 12.2. The van der Waals surface area contributed by atoms with Gasteiger partial charge in [0.15, 0.2) is 0 Å². The van der Waals surface area contributed by atoms with Crippen molar-refractivity contribution in [2.24, 2.45) is 34.5 Å². The lowest BCUT2D eigenvalue weighted by Gasteiger charge is -2.60. The summed E-state index contributed by atoms with van der Waals surface area (Å²) in [6, 6.07) is 0.275. The number of ether oxygens (including phenoxy) is 1. The maximum Gasteiger partial charge on any atom is 0.306 e. The Kier molecular flexibility index (Phi) is 4.88. The number of nitrogens with zero attached hydrogens (tertiary/aromatic N) is 1. The van der Waals surface area contributed by atoms with E-state index in [-0.39, 0.29) is 34.7 Å². The molecule has 4 aliphatic rings. The Morgan fingerprint density at radius 1 is 1.29 bits per heavy atom. The number of carbonyl (C=O) groups excluding carboxylic acids is 2. The van der Waals surface area contributed by atoms with E-state index < -0.39 is 6.10 Å². The molecule has 0 spiro atoms. The van der Waals surface area contributed by atoms with E-state index in [2.05, 4.69) is 19.9 Å². The van der Waals surface area contributed by atoms with Gasteiger partial charge in [-0.25, -0.2) is 0 Å². The number of amides is 1. The molecule has 1 amide bonds. The van der Waals surface area contributed by atoms with Crippen molar-refractivity contribution in [3.63, 3.8) is 0 Å². The molecule has 1 heterocycles. The monoisotopic (exact) mass is 389 g/mol. The number of aliphatic hydroxyl groups is 1. The molecule has 1 N–H and O–H groups in total. The van der Waals surface area contributed by atoms with Crippen molar-refractivity contribution in [2.75, 3.05) is 13.7 Å². The summed E-state index contributed by atoms with van der Waals surface area (Å²) in [5.41, 5.74) is -0.0985. The highest BCUT2D eigenvalue weighted by molar-refractivity contribution is 5.89. The highest BCUT2D eigenvalue weighted by Gasteiger charge is 2.62. The lowest BCUT2D eigenvalue weighted by Crippen LogP contribution is -2.59. The first-order valence-electron chi connectivity index (χ1n) is 11.0. The minimum Gasteiger partial charge on any atom is -0.466 e. The van der Waals surface area contributed by atoms with Gasteiger partial charge in [-0.1, -0.05) is 19.9 Å². The second kappa shape index (κ2) is 6.86. The number of aliphatic hydroxyl groups excluding tert-OH is 1. The number of carbonyl (C=O) groups is 2. The molecule has 3 saturated carbocycles. The number of fused-ring (bicyclic) bond motifs is 5. The number of esters is 1. The van der Waals surface area contributed by atoms with Crippen molar-refractivity contribution in [3.8, 4) is 0 Å². The lowest BCUT2D eigenvalue weighted by atomic mass is 9.48. The Morgan fingerprint density at radius 2 is 2.04 bits per heavy atom. The van der Waals surface area contributed by atoms with E-state index in [1.165, 1.54) is 0 Å². The molecular formula is C23H35NO4. The summed E-state index contributed by atoms with van der Waals surface area (Å²) >= 11 is 0. The zero-order valence-corrected chi connectivity index (χ0v) is 17.7. The van der Waals surface area contributed by atoms with E-state index in [1.54, 1.807) is 6.08 Å². The Hall–Kier alpha value is -1.36. The van der Waals surface area contributed by atoms with Crippen LogP contribution in [0.1, 0.15) is 59.3 Å². The minimum atomic E-state index is -0.431. The van der Waals surface area contributed by atoms with E-state index in [0.29, 0.717) is 30.8 Å². The summed E-state index contributed by atoms with van der Waals surface area (Å²) < 4.78 is 5.16. The smallest absolute Gasteiger partial charge is 0.306 e. The predicted octanol–water partition coefficient (Wildman–Crippen LogP) is 3.17. The summed E-state index contributed by atoms with van der Waals surface area (Å²) in [7, 11) is 1.94. The van der Waals surface area contributed by atoms with E-state index in [9.17, 15) is 14.7 Å². The van der Waals surface area contributed by atoms with E-state index in [0.717, 1.165) is 32.1 Å². The summed E-state index contributed by atoms with van der Waals surface area (Å²) in [5, 5.41) is 11.1. The fourth-order valence-corrected chi connectivity index (χ4v) is 7.52. The molecule has 4 rings (SSSR count). The quantitative estimate of drug-likeness (QED) is 0.753. The summed E-state index contributed by atoms with van der Waals surface area (Å²) in [4.78, 5) is 26.2. The molecule has 5 heteroatoms. The second-order valence-corrected chi connectivity index (χ2v) is 10.1. The lowest BCUT2D eigenvalue weighted by molar-refractivity contribution is -0.146. The largest absolute Gasteiger partial charge is 0.466 e. The van der Waals surface area contributed by atoms with Crippen LogP contribution in [0, 0.1) is 34.5 Å². The van der Waals surface area contributed by atoms with Gasteiger partial charge in [0, 0.05) is 18.5 Å². The average Bonchev–Trinajstić information content (AvgIpc) is 2.90. The molecule has 0 aromatic carbocycles. The van der Waals surface area contributed by atoms with Crippen LogP contribution in [0.4, 0.5) is 0 Å². The predicted molar refractivity (Wildman–Crippen MR) is 106 cm³/mol. The molecule has 28 heavy (non-hydrogen) atoms. The summed E-state index contributed by atoms with van der Waals surface area (Å²) in [6.07, 6.45) is 8.96. The van der Waals surface area contributed by atoms with Crippen molar-refractivity contribution in [3.05, 3.63) is 12.2 Å². The van der Waals surface area contributed by atoms with Gasteiger partial charge in [-0.15, -0.1) is 0 Å². The molecule has 5 nitrogen and oxygen atoms in total. The highest BCUT2D eigenvalue weighted by Crippen LogP contribution is 2.65. The van der Waals surface area contributed by atoms with Crippen molar-refractivity contribution >= 4 is 11.9 Å². The van der Waals surface area contributed by atoms with Gasteiger partial charge in [-0.3, -0.25) is 9.59 Å². The molecular weight excluding hydrogens is 354 g/mol. The first-order chi connectivity index (χ1) is 13.2. The van der Waals surface area contributed by atoms with E-state index in [4.69, 9.17) is 4.74 Å².